The summed E-state index contributed by atoms with van der Waals surface area (Å²) in [5.41, 5.74) is 0. The summed E-state index contributed by atoms with van der Waals surface area (Å²) in [7, 11) is 1.13. The maximum Gasteiger partial charge on any atom is 0.306 e. The molecule has 9 nitrogen and oxygen atoms in total. The first kappa shape index (κ1) is 64.7. The highest BCUT2D eigenvalue weighted by Gasteiger charge is 2.21. The molecule has 0 spiro atoms. The first-order valence-corrected chi connectivity index (χ1v) is 28.1. The number of carbonyl (C=O) groups excluding carboxylic acids is 2. The number of hydrogen-bond acceptors (Lipinski definition) is 8. The second kappa shape index (κ2) is 48.7. The molecular weight excluding hydrogens is 870 g/mol. The molecule has 0 amide bonds. The summed E-state index contributed by atoms with van der Waals surface area (Å²) in [5, 5.41) is 0. The lowest BCUT2D eigenvalue weighted by Crippen LogP contribution is -2.37. The van der Waals surface area contributed by atoms with Gasteiger partial charge in [0, 0.05) is 12.8 Å². The van der Waals surface area contributed by atoms with Crippen molar-refractivity contribution >= 4 is 19.8 Å². The molecule has 2 unspecified atom stereocenters. The predicted molar refractivity (Wildman–Crippen MR) is 286 cm³/mol. The van der Waals surface area contributed by atoms with Crippen LogP contribution in [0.3, 0.4) is 0 Å². The Kier molecular flexibility index (Phi) is 46.3. The van der Waals surface area contributed by atoms with Gasteiger partial charge in [-0.3, -0.25) is 14.2 Å². The predicted octanol–water partition coefficient (Wildman–Crippen LogP) is 15.6. The van der Waals surface area contributed by atoms with Crippen molar-refractivity contribution in [2.75, 3.05) is 47.5 Å². The molecule has 0 aromatic carbocycles. The number of rotatable bonds is 47. The minimum absolute atomic E-state index is 0.0431. The first-order valence-electron chi connectivity index (χ1n) is 26.6. The molecule has 0 aromatic heterocycles. The Balaban J connectivity index is 4.21. The van der Waals surface area contributed by atoms with Gasteiger partial charge in [0.25, 0.3) is 7.82 Å². The lowest BCUT2D eigenvalue weighted by Gasteiger charge is -2.28. The fraction of sp³-hybridized carbons (Fsp3) is 0.655. The lowest BCUT2D eigenvalue weighted by atomic mass is 10.0. The number of allylic oxidation sites excluding steroid dienone is 18. The minimum atomic E-state index is -4.65. The van der Waals surface area contributed by atoms with Gasteiger partial charge in [-0.25, -0.2) is 0 Å². The summed E-state index contributed by atoms with van der Waals surface area (Å²) in [4.78, 5) is 37.7. The third-order valence-electron chi connectivity index (χ3n) is 10.8. The quantitative estimate of drug-likeness (QED) is 0.0195. The van der Waals surface area contributed by atoms with E-state index in [-0.39, 0.29) is 26.1 Å². The summed E-state index contributed by atoms with van der Waals surface area (Å²) in [5.74, 6) is -0.891. The number of unbranched alkanes of at least 4 members (excludes halogenated alkanes) is 15. The highest BCUT2D eigenvalue weighted by Crippen LogP contribution is 2.38. The fourth-order valence-electron chi connectivity index (χ4n) is 6.73. The average molecular weight is 968 g/mol. The molecule has 0 aliphatic carbocycles. The van der Waals surface area contributed by atoms with E-state index >= 15 is 0 Å². The molecule has 0 heterocycles. The van der Waals surface area contributed by atoms with Crippen molar-refractivity contribution in [1.82, 2.24) is 0 Å². The van der Waals surface area contributed by atoms with Crippen molar-refractivity contribution in [1.29, 1.82) is 0 Å². The smallest absolute Gasteiger partial charge is 0.306 e. The molecular formula is C58H98NO8P. The molecule has 0 saturated heterocycles. The van der Waals surface area contributed by atoms with Crippen molar-refractivity contribution in [3.8, 4) is 0 Å². The van der Waals surface area contributed by atoms with E-state index in [1.54, 1.807) is 0 Å². The van der Waals surface area contributed by atoms with Gasteiger partial charge in [-0.2, -0.15) is 0 Å². The van der Waals surface area contributed by atoms with Crippen LogP contribution in [0.2, 0.25) is 0 Å². The van der Waals surface area contributed by atoms with Gasteiger partial charge in [-0.05, 0) is 96.3 Å². The van der Waals surface area contributed by atoms with E-state index in [4.69, 9.17) is 18.5 Å². The molecule has 0 aromatic rings. The zero-order chi connectivity index (χ0) is 49.9. The second-order valence-electron chi connectivity index (χ2n) is 18.5. The summed E-state index contributed by atoms with van der Waals surface area (Å²) in [6.07, 6.45) is 67.1. The van der Waals surface area contributed by atoms with Crippen LogP contribution < -0.4 is 4.89 Å². The van der Waals surface area contributed by atoms with Crippen LogP contribution in [0.4, 0.5) is 0 Å². The molecule has 2 atom stereocenters. The zero-order valence-corrected chi connectivity index (χ0v) is 44.7. The number of likely N-dealkylation sites (N-methyl/N-ethyl adjacent to an activating group) is 1. The van der Waals surface area contributed by atoms with E-state index in [1.165, 1.54) is 64.2 Å². The number of nitrogens with zero attached hydrogens (tertiary/aromatic N) is 1. The van der Waals surface area contributed by atoms with Gasteiger partial charge in [0.05, 0.1) is 27.7 Å². The Bertz CT molecular complexity index is 1520. The molecule has 0 radical (unpaired) electrons. The van der Waals surface area contributed by atoms with E-state index in [2.05, 4.69) is 123 Å². The average Bonchev–Trinajstić information content (AvgIpc) is 3.30. The number of esters is 2. The van der Waals surface area contributed by atoms with Crippen molar-refractivity contribution in [2.24, 2.45) is 0 Å². The molecule has 0 fully saturated rings. The number of phosphoric acid groups is 1. The summed E-state index contributed by atoms with van der Waals surface area (Å²) < 4.78 is 34.0. The Morgan fingerprint density at radius 3 is 1.21 bits per heavy atom. The second-order valence-corrected chi connectivity index (χ2v) is 19.9. The molecule has 0 bridgehead atoms. The minimum Gasteiger partial charge on any atom is -0.756 e. The molecule has 0 saturated carbocycles. The van der Waals surface area contributed by atoms with Crippen molar-refractivity contribution in [2.45, 2.75) is 200 Å². The van der Waals surface area contributed by atoms with Crippen molar-refractivity contribution < 1.29 is 42.1 Å². The fourth-order valence-corrected chi connectivity index (χ4v) is 7.46. The van der Waals surface area contributed by atoms with E-state index in [0.29, 0.717) is 23.9 Å². The standard InChI is InChI=1S/C58H98NO8P/c1-6-8-10-12-14-16-18-20-22-23-24-25-26-27-28-29-30-31-32-33-34-35-37-39-41-43-45-47-49-51-58(61)67-56(55-66-68(62,63)65-53-52-59(3,4)5)54-64-57(60)50-48-46-44-42-40-38-36-21-19-17-15-13-11-9-7-2/h8-11,14-17,20-22,24-25,27-28,36,40,42,56H,6-7,12-13,18-19,23,26,29-35,37-39,41,43-55H2,1-5H3/b10-8-,11-9-,16-14-,17-15-,22-20-,25-24-,28-27-,36-21-,42-40-. The number of ether oxygens (including phenoxy) is 2. The number of hydrogen-bond donors (Lipinski definition) is 0. The molecule has 0 aliphatic heterocycles. The molecule has 0 rings (SSSR count). The van der Waals surface area contributed by atoms with Crippen LogP contribution in [0, 0.1) is 0 Å². The van der Waals surface area contributed by atoms with E-state index < -0.39 is 32.5 Å². The number of carbonyl (C=O) groups is 2. The van der Waals surface area contributed by atoms with Gasteiger partial charge < -0.3 is 27.9 Å². The normalized spacial score (nSPS) is 14.3. The summed E-state index contributed by atoms with van der Waals surface area (Å²) in [6.45, 7) is 3.94. The SMILES string of the molecule is CC/C=C\C/C=C\C/C=C\C/C=C\C/C=C\CCCCCCCCCCCCCCCC(=O)OC(COC(=O)CCCC/C=C\C/C=C\C/C=C\C/C=C\CC)COP(=O)([O-])OCC[N+](C)(C)C. The molecule has 10 heteroatoms. The third-order valence-corrected chi connectivity index (χ3v) is 11.8. The Morgan fingerprint density at radius 1 is 0.456 bits per heavy atom. The monoisotopic (exact) mass is 968 g/mol. The number of quaternary nitrogens is 1. The number of phosphoric ester groups is 1. The highest BCUT2D eigenvalue weighted by molar-refractivity contribution is 7.45. The zero-order valence-electron chi connectivity index (χ0n) is 43.8. The Hall–Kier alpha value is -3.33. The van der Waals surface area contributed by atoms with Gasteiger partial charge in [-0.15, -0.1) is 0 Å². The van der Waals surface area contributed by atoms with Gasteiger partial charge >= 0.3 is 11.9 Å². The highest BCUT2D eigenvalue weighted by atomic mass is 31.2. The van der Waals surface area contributed by atoms with Gasteiger partial charge in [0.1, 0.15) is 19.8 Å². The van der Waals surface area contributed by atoms with Crippen LogP contribution in [0.1, 0.15) is 194 Å². The van der Waals surface area contributed by atoms with Crippen LogP contribution in [0.25, 0.3) is 0 Å². The van der Waals surface area contributed by atoms with Crippen molar-refractivity contribution in [3.05, 3.63) is 109 Å². The van der Waals surface area contributed by atoms with E-state index in [0.717, 1.165) is 89.9 Å². The summed E-state index contributed by atoms with van der Waals surface area (Å²) in [6, 6.07) is 0. The maximum absolute atomic E-state index is 12.8. The molecule has 388 valence electrons. The molecule has 0 N–H and O–H groups in total. The lowest BCUT2D eigenvalue weighted by molar-refractivity contribution is -0.870. The van der Waals surface area contributed by atoms with Crippen LogP contribution in [0.15, 0.2) is 109 Å². The first-order chi connectivity index (χ1) is 33.0. The van der Waals surface area contributed by atoms with Crippen LogP contribution in [0.5, 0.6) is 0 Å². The van der Waals surface area contributed by atoms with E-state index in [9.17, 15) is 19.0 Å². The third kappa shape index (κ3) is 52.0. The Morgan fingerprint density at radius 2 is 0.794 bits per heavy atom. The van der Waals surface area contributed by atoms with Gasteiger partial charge in [0.2, 0.25) is 0 Å². The maximum atomic E-state index is 12.8. The molecule has 68 heavy (non-hydrogen) atoms. The van der Waals surface area contributed by atoms with Gasteiger partial charge in [-0.1, -0.05) is 194 Å². The van der Waals surface area contributed by atoms with Crippen LogP contribution in [-0.4, -0.2) is 70.0 Å². The van der Waals surface area contributed by atoms with Gasteiger partial charge in [0.15, 0.2) is 6.10 Å². The molecule has 0 aliphatic rings. The van der Waals surface area contributed by atoms with Crippen molar-refractivity contribution in [3.63, 3.8) is 0 Å². The van der Waals surface area contributed by atoms with E-state index in [1.807, 2.05) is 21.1 Å². The largest absolute Gasteiger partial charge is 0.756 e. The van der Waals surface area contributed by atoms with Crippen LogP contribution in [-0.2, 0) is 32.7 Å². The van der Waals surface area contributed by atoms with Crippen LogP contribution >= 0.6 is 7.82 Å². The summed E-state index contributed by atoms with van der Waals surface area (Å²) >= 11 is 0. The Labute approximate surface area is 416 Å². The topological polar surface area (TPSA) is 111 Å².